The van der Waals surface area contributed by atoms with Gasteiger partial charge in [-0.15, -0.1) is 0 Å². The average Bonchev–Trinajstić information content (AvgIpc) is 2.73. The topological polar surface area (TPSA) is 51.0 Å². The summed E-state index contributed by atoms with van der Waals surface area (Å²) >= 11 is 0. The third-order valence-corrected chi connectivity index (χ3v) is 2.81. The molecule has 0 aromatic heterocycles. The Bertz CT molecular complexity index is 462. The minimum atomic E-state index is -0.569. The molecule has 1 atom stereocenters. The first-order valence-electron chi connectivity index (χ1n) is 5.35. The summed E-state index contributed by atoms with van der Waals surface area (Å²) in [6.07, 6.45) is 1.15. The van der Waals surface area contributed by atoms with E-state index >= 15 is 0 Å². The predicted octanol–water partition coefficient (Wildman–Crippen LogP) is 2.32. The van der Waals surface area contributed by atoms with Gasteiger partial charge >= 0.3 is 21.1 Å². The van der Waals surface area contributed by atoms with Crippen molar-refractivity contribution in [2.75, 3.05) is 7.11 Å². The largest absolute Gasteiger partial charge is 2.00 e. The Hall–Kier alpha value is -1.02. The molecule has 2 rings (SSSR count). The Kier molecular flexibility index (Phi) is 4.80. The quantitative estimate of drug-likeness (QED) is 0.769. The van der Waals surface area contributed by atoms with E-state index in [1.807, 2.05) is 0 Å². The molecule has 1 aliphatic rings. The number of oxime groups is 1. The second-order valence-electron chi connectivity index (χ2n) is 4.13. The second-order valence-corrected chi connectivity index (χ2v) is 4.13. The normalized spacial score (nSPS) is 21.8. The van der Waals surface area contributed by atoms with E-state index in [1.54, 1.807) is 18.2 Å². The zero-order valence-corrected chi connectivity index (χ0v) is 13.1. The van der Waals surface area contributed by atoms with E-state index in [4.69, 9.17) is 9.57 Å². The molecule has 0 aliphatic carbocycles. The SMILES string of the molecule is [CH2-]CC1([CH2-])CC(c2ccc(O)c(OC)c2)=NO1.[W+2]. The van der Waals surface area contributed by atoms with E-state index in [0.717, 1.165) is 11.3 Å². The van der Waals surface area contributed by atoms with Gasteiger partial charge in [-0.3, -0.25) is 6.92 Å². The van der Waals surface area contributed by atoms with Crippen LogP contribution in [-0.4, -0.2) is 23.5 Å². The minimum absolute atomic E-state index is 0. The van der Waals surface area contributed by atoms with Crippen LogP contribution >= 0.6 is 0 Å². The third-order valence-electron chi connectivity index (χ3n) is 2.81. The number of methoxy groups -OCH3 is 1. The number of phenolic OH excluding ortho intramolecular Hbond substituents is 1. The van der Waals surface area contributed by atoms with Gasteiger partial charge in [-0.2, -0.15) is 6.42 Å². The van der Waals surface area contributed by atoms with Crippen LogP contribution in [0.4, 0.5) is 0 Å². The van der Waals surface area contributed by atoms with Crippen molar-refractivity contribution in [2.24, 2.45) is 5.16 Å². The summed E-state index contributed by atoms with van der Waals surface area (Å²) < 4.78 is 5.05. The fourth-order valence-corrected chi connectivity index (χ4v) is 1.67. The second kappa shape index (κ2) is 5.75. The molecule has 1 aromatic rings. The molecule has 1 N–H and O–H groups in total. The Morgan fingerprint density at radius 1 is 1.56 bits per heavy atom. The van der Waals surface area contributed by atoms with E-state index in [2.05, 4.69) is 19.0 Å². The first-order valence-corrected chi connectivity index (χ1v) is 5.35. The van der Waals surface area contributed by atoms with Gasteiger partial charge in [-0.25, -0.2) is 0 Å². The molecule has 5 heteroatoms. The first-order chi connectivity index (χ1) is 8.08. The molecule has 0 amide bonds. The van der Waals surface area contributed by atoms with E-state index < -0.39 is 5.60 Å². The minimum Gasteiger partial charge on any atom is -0.504 e. The molecular weight excluding hydrogens is 402 g/mol. The van der Waals surface area contributed by atoms with Crippen LogP contribution in [0.15, 0.2) is 23.4 Å². The summed E-state index contributed by atoms with van der Waals surface area (Å²) in [7, 11) is 1.51. The standard InChI is InChI=1S/C13H15NO3.W/c1-4-13(2)8-10(14-17-13)9-5-6-11(15)12(7-9)16-3;/h5-7,15H,1-2,4,8H2,3H3;/q-2;+2. The van der Waals surface area contributed by atoms with E-state index in [1.165, 1.54) is 7.11 Å². The molecule has 1 unspecified atom stereocenters. The number of benzene rings is 1. The molecule has 0 saturated carbocycles. The maximum atomic E-state index is 9.51. The van der Waals surface area contributed by atoms with Crippen LogP contribution in [0.5, 0.6) is 11.5 Å². The summed E-state index contributed by atoms with van der Waals surface area (Å²) in [5.74, 6) is 0.523. The van der Waals surface area contributed by atoms with Crippen molar-refractivity contribution in [3.63, 3.8) is 0 Å². The number of aromatic hydroxyl groups is 1. The van der Waals surface area contributed by atoms with Gasteiger partial charge < -0.3 is 21.6 Å². The van der Waals surface area contributed by atoms with Crippen LogP contribution in [0, 0.1) is 13.8 Å². The fraction of sp³-hybridized carbons (Fsp3) is 0.308. The van der Waals surface area contributed by atoms with E-state index in [-0.39, 0.29) is 26.8 Å². The monoisotopic (exact) mass is 417 g/mol. The molecule has 1 aliphatic heterocycles. The van der Waals surface area contributed by atoms with Gasteiger partial charge in [0.2, 0.25) is 0 Å². The Morgan fingerprint density at radius 3 is 2.83 bits per heavy atom. The van der Waals surface area contributed by atoms with Gasteiger partial charge in [-0.1, -0.05) is 5.16 Å². The summed E-state index contributed by atoms with van der Waals surface area (Å²) in [5, 5.41) is 13.5. The van der Waals surface area contributed by atoms with E-state index in [9.17, 15) is 5.11 Å². The number of phenols is 1. The number of nitrogens with zero attached hydrogens (tertiary/aromatic N) is 1. The zero-order valence-electron chi connectivity index (χ0n) is 10.2. The number of rotatable bonds is 3. The Balaban J connectivity index is 0.00000162. The van der Waals surface area contributed by atoms with Crippen LogP contribution in [0.3, 0.4) is 0 Å². The third kappa shape index (κ3) is 2.86. The van der Waals surface area contributed by atoms with Crippen LogP contribution in [-0.2, 0) is 25.9 Å². The first kappa shape index (κ1) is 15.0. The van der Waals surface area contributed by atoms with Gasteiger partial charge in [0.15, 0.2) is 11.5 Å². The Morgan fingerprint density at radius 2 is 2.28 bits per heavy atom. The van der Waals surface area contributed by atoms with Crippen molar-refractivity contribution in [2.45, 2.75) is 18.4 Å². The fourth-order valence-electron chi connectivity index (χ4n) is 1.67. The zero-order chi connectivity index (χ0) is 12.5. The molecule has 0 spiro atoms. The number of ether oxygens (including phenoxy) is 1. The van der Waals surface area contributed by atoms with Crippen molar-refractivity contribution >= 4 is 5.71 Å². The molecule has 4 nitrogen and oxygen atoms in total. The van der Waals surface area contributed by atoms with Gasteiger partial charge in [-0.05, 0) is 23.8 Å². The molecule has 1 aromatic carbocycles. The predicted molar refractivity (Wildman–Crippen MR) is 65.0 cm³/mol. The van der Waals surface area contributed by atoms with Crippen molar-refractivity contribution in [1.29, 1.82) is 0 Å². The molecule has 96 valence electrons. The molecule has 0 radical (unpaired) electrons. The van der Waals surface area contributed by atoms with Crippen LogP contribution < -0.4 is 4.74 Å². The van der Waals surface area contributed by atoms with Crippen LogP contribution in [0.2, 0.25) is 0 Å². The maximum Gasteiger partial charge on any atom is 2.00 e. The molecule has 18 heavy (non-hydrogen) atoms. The summed E-state index contributed by atoms with van der Waals surface area (Å²) in [6, 6.07) is 5.07. The van der Waals surface area contributed by atoms with Gasteiger partial charge in [0, 0.05) is 12.0 Å². The molecular formula is C13H15NO3W. The summed E-state index contributed by atoms with van der Waals surface area (Å²) in [4.78, 5) is 5.27. The van der Waals surface area contributed by atoms with Crippen molar-refractivity contribution in [3.8, 4) is 11.5 Å². The molecule has 0 fully saturated rings. The van der Waals surface area contributed by atoms with Gasteiger partial charge in [0.05, 0.1) is 12.8 Å². The molecule has 0 bridgehead atoms. The Labute approximate surface area is 121 Å². The van der Waals surface area contributed by atoms with Crippen LogP contribution in [0.1, 0.15) is 18.4 Å². The van der Waals surface area contributed by atoms with Crippen molar-refractivity contribution in [1.82, 2.24) is 0 Å². The molecule has 0 saturated heterocycles. The smallest absolute Gasteiger partial charge is 0.504 e. The number of hydrogen-bond acceptors (Lipinski definition) is 4. The number of hydrogen-bond donors (Lipinski definition) is 1. The van der Waals surface area contributed by atoms with Crippen molar-refractivity contribution < 1.29 is 35.7 Å². The van der Waals surface area contributed by atoms with Gasteiger partial charge in [0.25, 0.3) is 0 Å². The average molecular weight is 417 g/mol. The summed E-state index contributed by atoms with van der Waals surface area (Å²) in [5.41, 5.74) is 1.08. The maximum absolute atomic E-state index is 9.51. The van der Waals surface area contributed by atoms with Crippen LogP contribution in [0.25, 0.3) is 0 Å². The molecule has 1 heterocycles. The summed E-state index contributed by atoms with van der Waals surface area (Å²) in [6.45, 7) is 7.73. The van der Waals surface area contributed by atoms with E-state index in [0.29, 0.717) is 18.6 Å². The van der Waals surface area contributed by atoms with Crippen molar-refractivity contribution in [3.05, 3.63) is 37.6 Å². The van der Waals surface area contributed by atoms with Gasteiger partial charge in [0.1, 0.15) is 0 Å².